The van der Waals surface area contributed by atoms with E-state index in [4.69, 9.17) is 0 Å². The highest BCUT2D eigenvalue weighted by atomic mass is 127. The van der Waals surface area contributed by atoms with E-state index in [9.17, 15) is 17.6 Å². The first kappa shape index (κ1) is 23.6. The van der Waals surface area contributed by atoms with Crippen LogP contribution in [0.3, 0.4) is 0 Å². The maximum Gasteiger partial charge on any atom is 0.434 e. The smallest absolute Gasteiger partial charge is 0.356 e. The van der Waals surface area contributed by atoms with Gasteiger partial charge in [0, 0.05) is 25.4 Å². The maximum atomic E-state index is 13.7. The van der Waals surface area contributed by atoms with Crippen LogP contribution in [0.2, 0.25) is 0 Å². The third-order valence-electron chi connectivity index (χ3n) is 3.75. The number of hydrogen-bond acceptors (Lipinski definition) is 3. The molecule has 1 atom stereocenters. The Bertz CT molecular complexity index is 777. The summed E-state index contributed by atoms with van der Waals surface area (Å²) in [5.74, 6) is 0.203. The van der Waals surface area contributed by atoms with E-state index >= 15 is 0 Å². The second kappa shape index (κ2) is 10.2. The van der Waals surface area contributed by atoms with Crippen molar-refractivity contribution in [2.75, 3.05) is 13.6 Å². The van der Waals surface area contributed by atoms with Crippen LogP contribution in [0.15, 0.2) is 28.6 Å². The Morgan fingerprint density at radius 2 is 2.04 bits per heavy atom. The summed E-state index contributed by atoms with van der Waals surface area (Å²) in [6.45, 7) is 3.94. The summed E-state index contributed by atoms with van der Waals surface area (Å²) in [6.07, 6.45) is -4.08. The third kappa shape index (κ3) is 6.91. The number of halogens is 5. The Kier molecular flexibility index (Phi) is 8.92. The van der Waals surface area contributed by atoms with Crippen molar-refractivity contribution in [2.24, 2.45) is 4.99 Å². The molecule has 0 spiro atoms. The second-order valence-corrected chi connectivity index (χ2v) is 6.69. The Labute approximate surface area is 176 Å². The van der Waals surface area contributed by atoms with Crippen LogP contribution in [0.5, 0.6) is 0 Å². The van der Waals surface area contributed by atoms with Gasteiger partial charge < -0.3 is 10.6 Å². The van der Waals surface area contributed by atoms with E-state index in [2.05, 4.69) is 20.6 Å². The normalized spacial score (nSPS) is 13.1. The largest absolute Gasteiger partial charge is 0.434 e. The summed E-state index contributed by atoms with van der Waals surface area (Å²) >= 11 is 0.976. The van der Waals surface area contributed by atoms with Crippen molar-refractivity contribution in [1.82, 2.24) is 15.6 Å². The van der Waals surface area contributed by atoms with Crippen LogP contribution in [0, 0.1) is 12.7 Å². The van der Waals surface area contributed by atoms with Gasteiger partial charge in [0.2, 0.25) is 0 Å². The van der Waals surface area contributed by atoms with Crippen LogP contribution in [0.1, 0.15) is 34.8 Å². The molecule has 0 saturated carbocycles. The molecular formula is C17H21F4IN4S. The number of nitrogens with zero attached hydrogens (tertiary/aromatic N) is 2. The van der Waals surface area contributed by atoms with Gasteiger partial charge in [0.15, 0.2) is 11.7 Å². The fraction of sp³-hybridized carbons (Fsp3) is 0.412. The molecule has 2 aromatic rings. The van der Waals surface area contributed by atoms with Gasteiger partial charge in [0.25, 0.3) is 0 Å². The molecule has 0 saturated heterocycles. The van der Waals surface area contributed by atoms with E-state index in [0.29, 0.717) is 29.5 Å². The zero-order valence-corrected chi connectivity index (χ0v) is 18.2. The number of nitrogens with one attached hydrogen (secondary N) is 2. The molecule has 10 heteroatoms. The molecule has 0 bridgehead atoms. The SMILES string of the molecule is CN=C(NCCc1nc(C(F)(F)F)cs1)NC(C)c1ccc(C)c(F)c1.I. The van der Waals surface area contributed by atoms with Gasteiger partial charge in [-0.25, -0.2) is 9.37 Å². The molecule has 27 heavy (non-hydrogen) atoms. The Morgan fingerprint density at radius 3 is 2.59 bits per heavy atom. The van der Waals surface area contributed by atoms with Crippen molar-refractivity contribution in [3.63, 3.8) is 0 Å². The topological polar surface area (TPSA) is 49.3 Å². The van der Waals surface area contributed by atoms with E-state index < -0.39 is 11.9 Å². The minimum Gasteiger partial charge on any atom is -0.356 e. The number of rotatable bonds is 5. The molecule has 150 valence electrons. The fourth-order valence-corrected chi connectivity index (χ4v) is 3.01. The summed E-state index contributed by atoms with van der Waals surface area (Å²) < 4.78 is 51.3. The van der Waals surface area contributed by atoms with Crippen LogP contribution in [-0.2, 0) is 12.6 Å². The summed E-state index contributed by atoms with van der Waals surface area (Å²) in [6, 6.07) is 4.82. The van der Waals surface area contributed by atoms with E-state index in [1.807, 2.05) is 13.0 Å². The maximum absolute atomic E-state index is 13.7. The summed E-state index contributed by atoms with van der Waals surface area (Å²) in [4.78, 5) is 7.66. The number of thiazole rings is 1. The molecule has 4 nitrogen and oxygen atoms in total. The Hall–Kier alpha value is -1.43. The molecule has 0 fully saturated rings. The number of aliphatic imine (C=N–C) groups is 1. The molecule has 0 aliphatic heterocycles. The van der Waals surface area contributed by atoms with Crippen LogP contribution in [0.4, 0.5) is 17.6 Å². The zero-order valence-electron chi connectivity index (χ0n) is 15.0. The third-order valence-corrected chi connectivity index (χ3v) is 4.65. The molecular weight excluding hydrogens is 495 g/mol. The standard InChI is InChI=1S/C17H20F4N4S.HI/c1-10-4-5-12(8-13(10)18)11(2)24-16(22-3)23-7-6-15-25-14(9-26-15)17(19,20)21;/h4-5,8-9,11H,6-7H2,1-3H3,(H2,22,23,24);1H. The molecule has 0 aliphatic carbocycles. The van der Waals surface area contributed by atoms with Crippen LogP contribution < -0.4 is 10.6 Å². The van der Waals surface area contributed by atoms with Gasteiger partial charge >= 0.3 is 6.18 Å². The summed E-state index contributed by atoms with van der Waals surface area (Å²) in [5, 5.41) is 7.55. The van der Waals surface area contributed by atoms with Gasteiger partial charge in [-0.2, -0.15) is 13.2 Å². The summed E-state index contributed by atoms with van der Waals surface area (Å²) in [5.41, 5.74) is 0.478. The van der Waals surface area contributed by atoms with E-state index in [-0.39, 0.29) is 35.8 Å². The Balaban J connectivity index is 0.00000364. The predicted octanol–water partition coefficient (Wildman–Crippen LogP) is 4.70. The number of aryl methyl sites for hydroxylation is 1. The molecule has 1 heterocycles. The van der Waals surface area contributed by atoms with Gasteiger partial charge in [-0.1, -0.05) is 12.1 Å². The highest BCUT2D eigenvalue weighted by Crippen LogP contribution is 2.30. The van der Waals surface area contributed by atoms with Gasteiger partial charge in [-0.3, -0.25) is 4.99 Å². The molecule has 1 aromatic carbocycles. The molecule has 0 amide bonds. The second-order valence-electron chi connectivity index (χ2n) is 5.75. The van der Waals surface area contributed by atoms with Gasteiger partial charge in [0.1, 0.15) is 5.82 Å². The first-order valence-electron chi connectivity index (χ1n) is 7.95. The number of benzene rings is 1. The summed E-state index contributed by atoms with van der Waals surface area (Å²) in [7, 11) is 1.59. The molecule has 2 rings (SSSR count). The van der Waals surface area contributed by atoms with E-state index in [0.717, 1.165) is 22.3 Å². The Morgan fingerprint density at radius 1 is 1.33 bits per heavy atom. The lowest BCUT2D eigenvalue weighted by Crippen LogP contribution is -2.39. The quantitative estimate of drug-likeness (QED) is 0.262. The van der Waals surface area contributed by atoms with Gasteiger partial charge in [0.05, 0.1) is 11.0 Å². The first-order chi connectivity index (χ1) is 12.2. The molecule has 1 aromatic heterocycles. The number of alkyl halides is 3. The molecule has 0 aliphatic rings. The van der Waals surface area contributed by atoms with Crippen molar-refractivity contribution in [2.45, 2.75) is 32.5 Å². The van der Waals surface area contributed by atoms with Crippen molar-refractivity contribution < 1.29 is 17.6 Å². The minimum atomic E-state index is -4.42. The fourth-order valence-electron chi connectivity index (χ4n) is 2.21. The van der Waals surface area contributed by atoms with Crippen LogP contribution >= 0.6 is 35.3 Å². The lowest BCUT2D eigenvalue weighted by Gasteiger charge is -2.18. The minimum absolute atomic E-state index is 0. The lowest BCUT2D eigenvalue weighted by atomic mass is 10.1. The van der Waals surface area contributed by atoms with Crippen molar-refractivity contribution in [3.8, 4) is 0 Å². The van der Waals surface area contributed by atoms with Crippen molar-refractivity contribution in [3.05, 3.63) is 51.2 Å². The molecule has 0 radical (unpaired) electrons. The number of aromatic nitrogens is 1. The van der Waals surface area contributed by atoms with Crippen molar-refractivity contribution in [1.29, 1.82) is 0 Å². The van der Waals surface area contributed by atoms with Crippen molar-refractivity contribution >= 4 is 41.3 Å². The van der Waals surface area contributed by atoms with E-state index in [1.54, 1.807) is 20.0 Å². The van der Waals surface area contributed by atoms with Gasteiger partial charge in [-0.15, -0.1) is 35.3 Å². The number of guanidine groups is 1. The van der Waals surface area contributed by atoms with Crippen LogP contribution in [-0.4, -0.2) is 24.5 Å². The van der Waals surface area contributed by atoms with Gasteiger partial charge in [-0.05, 0) is 31.0 Å². The number of hydrogen-bond donors (Lipinski definition) is 2. The molecule has 1 unspecified atom stereocenters. The average molecular weight is 516 g/mol. The first-order valence-corrected chi connectivity index (χ1v) is 8.83. The molecule has 2 N–H and O–H groups in total. The highest BCUT2D eigenvalue weighted by Gasteiger charge is 2.33. The van der Waals surface area contributed by atoms with E-state index in [1.165, 1.54) is 6.07 Å². The predicted molar refractivity (Wildman–Crippen MR) is 110 cm³/mol. The highest BCUT2D eigenvalue weighted by molar-refractivity contribution is 14.0. The monoisotopic (exact) mass is 516 g/mol. The average Bonchev–Trinajstić information content (AvgIpc) is 3.05. The lowest BCUT2D eigenvalue weighted by molar-refractivity contribution is -0.140. The zero-order chi connectivity index (χ0) is 19.3. The van der Waals surface area contributed by atoms with Crippen LogP contribution in [0.25, 0.3) is 0 Å².